The summed E-state index contributed by atoms with van der Waals surface area (Å²) in [6, 6.07) is 96.6. The van der Waals surface area contributed by atoms with Crippen molar-refractivity contribution in [3.05, 3.63) is 286 Å². The molecule has 0 fully saturated rings. The van der Waals surface area contributed by atoms with Crippen LogP contribution in [0.25, 0.3) is 127 Å². The lowest BCUT2D eigenvalue weighted by Crippen LogP contribution is -2.29. The molecule has 0 amide bonds. The smallest absolute Gasteiger partial charge is 0.269 e. The highest BCUT2D eigenvalue weighted by Crippen LogP contribution is 2.51. The number of aromatic nitrogens is 6. The number of imidazole rings is 1. The second-order valence-corrected chi connectivity index (χ2v) is 20.0. The lowest BCUT2D eigenvalue weighted by atomic mass is 9.95. The van der Waals surface area contributed by atoms with E-state index in [1.165, 1.54) is 21.5 Å². The third kappa shape index (κ3) is 6.93. The molecule has 7 heteroatoms. The summed E-state index contributed by atoms with van der Waals surface area (Å²) in [5, 5.41) is 6.95. The number of hydrogen-bond acceptors (Lipinski definition) is 2. The molecule has 7 nitrogen and oxygen atoms in total. The van der Waals surface area contributed by atoms with Crippen molar-refractivity contribution in [2.45, 2.75) is 0 Å². The van der Waals surface area contributed by atoms with Crippen LogP contribution in [0.1, 0.15) is 0 Å². The molecule has 0 N–H and O–H groups in total. The minimum absolute atomic E-state index is 0.699. The highest BCUT2D eigenvalue weighted by Gasteiger charge is 2.29. The maximum atomic E-state index is 7.06. The average Bonchev–Trinajstić information content (AvgIpc) is 2.57. The molecular weight excluding hydrogens is 965 g/mol. The molecule has 16 aromatic rings. The standard InChI is InChI=1S/C72H46N6O/c1-5-23-48(24-6-1)55-35-22-36-56(49-25-7-2-8-26-49)69(55)75-47-74(62-39-17-18-40-63(62)75)52-31-21-32-53(45-52)79-54-42-43-59-64(46-54)78(65-41-19-20-44-73-65)71-67(59)66-57-33-13-15-37-60(57)76(50-27-9-3-10-28-50)70(66)68-58-34-14-16-38-61(58)77(72(68)71)51-29-11-4-12-30-51/h1-46H. The van der Waals surface area contributed by atoms with E-state index in [-0.39, 0.29) is 0 Å². The van der Waals surface area contributed by atoms with Crippen LogP contribution in [-0.2, 0) is 0 Å². The Kier molecular flexibility index (Phi) is 10.1. The van der Waals surface area contributed by atoms with Crippen molar-refractivity contribution in [2.24, 2.45) is 0 Å². The molecule has 0 unspecified atom stereocenters. The maximum Gasteiger partial charge on any atom is 0.269 e. The molecule has 0 radical (unpaired) electrons. The molecule has 0 atom stereocenters. The monoisotopic (exact) mass is 1010 g/mol. The second-order valence-electron chi connectivity index (χ2n) is 20.0. The molecular formula is C72H46N6O. The number of benzene rings is 11. The third-order valence-electron chi connectivity index (χ3n) is 15.6. The van der Waals surface area contributed by atoms with Crippen LogP contribution in [0.2, 0.25) is 0 Å². The van der Waals surface area contributed by atoms with E-state index >= 15 is 0 Å². The normalized spacial score (nSPS) is 11.8. The van der Waals surface area contributed by atoms with E-state index in [4.69, 9.17) is 9.72 Å². The van der Waals surface area contributed by atoms with Crippen LogP contribution in [0.15, 0.2) is 279 Å². The molecule has 370 valence electrons. The van der Waals surface area contributed by atoms with Gasteiger partial charge in [0.2, 0.25) is 0 Å². The summed E-state index contributed by atoms with van der Waals surface area (Å²) in [7, 11) is 0. The third-order valence-corrected chi connectivity index (χ3v) is 15.6. The summed E-state index contributed by atoms with van der Waals surface area (Å²) in [5.74, 6) is 2.21. The Morgan fingerprint density at radius 2 is 0.886 bits per heavy atom. The van der Waals surface area contributed by atoms with Crippen LogP contribution in [0.5, 0.6) is 11.5 Å². The number of hydrogen-bond donors (Lipinski definition) is 0. The minimum Gasteiger partial charge on any atom is -0.458 e. The molecule has 0 saturated heterocycles. The first-order chi connectivity index (χ1) is 39.2. The predicted molar refractivity (Wildman–Crippen MR) is 322 cm³/mol. The zero-order valence-electron chi connectivity index (χ0n) is 42.6. The molecule has 79 heavy (non-hydrogen) atoms. The van der Waals surface area contributed by atoms with Gasteiger partial charge in [0, 0.05) is 56.0 Å². The fraction of sp³-hybridized carbons (Fsp3) is 0. The van der Waals surface area contributed by atoms with Crippen LogP contribution >= 0.6 is 0 Å². The summed E-state index contributed by atoms with van der Waals surface area (Å²) in [6.07, 6.45) is 5.73. The Balaban J connectivity index is 0.929. The Bertz CT molecular complexity index is 4960. The van der Waals surface area contributed by atoms with Crippen molar-refractivity contribution in [3.8, 4) is 62.3 Å². The summed E-state index contributed by atoms with van der Waals surface area (Å²) < 4.78 is 18.7. The minimum atomic E-state index is 0.699. The van der Waals surface area contributed by atoms with E-state index in [2.05, 4.69) is 290 Å². The quantitative estimate of drug-likeness (QED) is 0.107. The van der Waals surface area contributed by atoms with Crippen LogP contribution in [0, 0.1) is 6.33 Å². The molecule has 0 aliphatic carbocycles. The lowest BCUT2D eigenvalue weighted by molar-refractivity contribution is -0.572. The van der Waals surface area contributed by atoms with Gasteiger partial charge in [-0.2, -0.15) is 0 Å². The largest absolute Gasteiger partial charge is 0.458 e. The molecule has 5 heterocycles. The van der Waals surface area contributed by atoms with E-state index in [1.807, 2.05) is 18.3 Å². The zero-order chi connectivity index (χ0) is 52.0. The van der Waals surface area contributed by atoms with Gasteiger partial charge in [0.05, 0.1) is 55.5 Å². The molecule has 0 saturated carbocycles. The summed E-state index contributed by atoms with van der Waals surface area (Å²) in [6.45, 7) is 0. The average molecular weight is 1010 g/mol. The number of nitrogens with zero attached hydrogens (tertiary/aromatic N) is 6. The van der Waals surface area contributed by atoms with Crippen molar-refractivity contribution >= 4 is 76.5 Å². The van der Waals surface area contributed by atoms with Crippen LogP contribution in [0.3, 0.4) is 0 Å². The summed E-state index contributed by atoms with van der Waals surface area (Å²) >= 11 is 0. The Morgan fingerprint density at radius 1 is 0.367 bits per heavy atom. The first-order valence-corrected chi connectivity index (χ1v) is 26.7. The Labute approximate surface area is 454 Å². The molecule has 0 bridgehead atoms. The second kappa shape index (κ2) is 17.9. The zero-order valence-corrected chi connectivity index (χ0v) is 42.6. The number of fused-ring (bicyclic) bond motifs is 13. The van der Waals surface area contributed by atoms with E-state index in [0.717, 1.165) is 106 Å². The van der Waals surface area contributed by atoms with Gasteiger partial charge in [0.25, 0.3) is 6.33 Å². The molecule has 5 aromatic heterocycles. The predicted octanol–water partition coefficient (Wildman–Crippen LogP) is 17.5. The van der Waals surface area contributed by atoms with Crippen LogP contribution < -0.4 is 9.30 Å². The van der Waals surface area contributed by atoms with Gasteiger partial charge in [0.15, 0.2) is 0 Å². The Hall–Kier alpha value is -10.8. The van der Waals surface area contributed by atoms with Gasteiger partial charge in [-0.1, -0.05) is 188 Å². The molecule has 0 aliphatic heterocycles. The van der Waals surface area contributed by atoms with Gasteiger partial charge >= 0.3 is 0 Å². The van der Waals surface area contributed by atoms with Gasteiger partial charge in [-0.15, -0.1) is 0 Å². The SMILES string of the molecule is [c-]1n(-c2c(-c3ccccc3)cccc2-c2ccccc2)c2ccccc2[n+]1-c1cccc(Oc2ccc3c4c5c6ccccc6n(-c6ccccc6)c5c5c6ccccc6n(-c6ccccc6)c5c4n(-c4ccccn4)c3c2)c1. The summed E-state index contributed by atoms with van der Waals surface area (Å²) in [5.41, 5.74) is 17.3. The van der Waals surface area contributed by atoms with E-state index in [0.29, 0.717) is 11.5 Å². The van der Waals surface area contributed by atoms with Gasteiger partial charge in [0.1, 0.15) is 17.3 Å². The fourth-order valence-corrected chi connectivity index (χ4v) is 12.4. The highest BCUT2D eigenvalue weighted by atomic mass is 16.5. The van der Waals surface area contributed by atoms with Crippen molar-refractivity contribution in [3.63, 3.8) is 0 Å². The molecule has 0 spiro atoms. The number of para-hydroxylation sites is 7. The molecule has 0 aliphatic rings. The van der Waals surface area contributed by atoms with Crippen molar-refractivity contribution < 1.29 is 9.30 Å². The summed E-state index contributed by atoms with van der Waals surface area (Å²) in [4.78, 5) is 5.13. The van der Waals surface area contributed by atoms with Crippen LogP contribution in [0.4, 0.5) is 0 Å². The number of pyridine rings is 1. The lowest BCUT2D eigenvalue weighted by Gasteiger charge is -2.17. The van der Waals surface area contributed by atoms with Crippen molar-refractivity contribution in [1.82, 2.24) is 23.3 Å². The fourth-order valence-electron chi connectivity index (χ4n) is 12.4. The van der Waals surface area contributed by atoms with Gasteiger partial charge < -0.3 is 13.9 Å². The first kappa shape index (κ1) is 44.5. The van der Waals surface area contributed by atoms with Gasteiger partial charge in [-0.25, -0.2) is 4.98 Å². The molecule has 16 rings (SSSR count). The van der Waals surface area contributed by atoms with E-state index in [1.54, 1.807) is 0 Å². The first-order valence-electron chi connectivity index (χ1n) is 26.7. The topological polar surface area (TPSA) is 45.7 Å². The van der Waals surface area contributed by atoms with Crippen LogP contribution in [-0.4, -0.2) is 23.3 Å². The van der Waals surface area contributed by atoms with E-state index in [9.17, 15) is 0 Å². The maximum absolute atomic E-state index is 7.06. The highest BCUT2D eigenvalue weighted by molar-refractivity contribution is 6.40. The van der Waals surface area contributed by atoms with Crippen molar-refractivity contribution in [1.29, 1.82) is 0 Å². The Morgan fingerprint density at radius 3 is 1.54 bits per heavy atom. The van der Waals surface area contributed by atoms with Gasteiger partial charge in [-0.3, -0.25) is 13.7 Å². The molecule has 11 aromatic carbocycles. The number of rotatable bonds is 9. The van der Waals surface area contributed by atoms with E-state index < -0.39 is 0 Å². The van der Waals surface area contributed by atoms with Crippen molar-refractivity contribution in [2.75, 3.05) is 0 Å². The van der Waals surface area contributed by atoms with Gasteiger partial charge in [-0.05, 0) is 101 Å². The number of ether oxygens (including phenoxy) is 1.